The van der Waals surface area contributed by atoms with Crippen molar-refractivity contribution in [1.82, 2.24) is 15.5 Å². The van der Waals surface area contributed by atoms with Gasteiger partial charge < -0.3 is 15.5 Å². The largest absolute Gasteiger partial charge is 0.357 e. The molecule has 0 heterocycles. The summed E-state index contributed by atoms with van der Waals surface area (Å²) < 4.78 is 22.7. The molecule has 0 aromatic carbocycles. The van der Waals surface area contributed by atoms with Gasteiger partial charge in [0.1, 0.15) is 0 Å². The summed E-state index contributed by atoms with van der Waals surface area (Å²) in [4.78, 5) is 6.89. The summed E-state index contributed by atoms with van der Waals surface area (Å²) in [6, 6.07) is 0.291. The second-order valence-corrected chi connectivity index (χ2v) is 9.59. The van der Waals surface area contributed by atoms with Crippen LogP contribution in [0.15, 0.2) is 4.99 Å². The predicted octanol–water partition coefficient (Wildman–Crippen LogP) is 2.49. The average Bonchev–Trinajstić information content (AvgIpc) is 2.48. The highest BCUT2D eigenvalue weighted by Gasteiger charge is 2.30. The van der Waals surface area contributed by atoms with Crippen molar-refractivity contribution in [2.45, 2.75) is 65.2 Å². The van der Waals surface area contributed by atoms with E-state index in [-0.39, 0.29) is 30.5 Å². The maximum Gasteiger partial charge on any atom is 0.191 e. The Morgan fingerprint density at radius 3 is 2.20 bits per heavy atom. The van der Waals surface area contributed by atoms with Crippen LogP contribution in [0.5, 0.6) is 0 Å². The highest BCUT2D eigenvalue weighted by atomic mass is 127. The minimum absolute atomic E-state index is 0. The van der Waals surface area contributed by atoms with Crippen molar-refractivity contribution in [1.29, 1.82) is 0 Å². The summed E-state index contributed by atoms with van der Waals surface area (Å²) in [6.45, 7) is 16.2. The lowest BCUT2D eigenvalue weighted by Crippen LogP contribution is -2.44. The molecule has 0 aliphatic rings. The number of hydrogen-bond acceptors (Lipinski definition) is 4. The van der Waals surface area contributed by atoms with Gasteiger partial charge in [0.2, 0.25) is 0 Å². The van der Waals surface area contributed by atoms with Crippen molar-refractivity contribution in [3.63, 3.8) is 0 Å². The van der Waals surface area contributed by atoms with Crippen molar-refractivity contribution in [2.75, 3.05) is 39.0 Å². The van der Waals surface area contributed by atoms with Crippen LogP contribution in [0.1, 0.15) is 54.4 Å². The van der Waals surface area contributed by atoms with Gasteiger partial charge in [0.15, 0.2) is 15.8 Å². The van der Waals surface area contributed by atoms with E-state index in [0.29, 0.717) is 12.0 Å². The van der Waals surface area contributed by atoms with Gasteiger partial charge in [-0.2, -0.15) is 0 Å². The highest BCUT2D eigenvalue weighted by molar-refractivity contribution is 14.0. The zero-order chi connectivity index (χ0) is 18.8. The molecule has 2 N–H and O–H groups in total. The van der Waals surface area contributed by atoms with Crippen molar-refractivity contribution in [3.05, 3.63) is 0 Å². The van der Waals surface area contributed by atoms with Gasteiger partial charge in [-0.05, 0) is 60.2 Å². The lowest BCUT2D eigenvalue weighted by Gasteiger charge is -2.23. The zero-order valence-electron chi connectivity index (χ0n) is 17.1. The van der Waals surface area contributed by atoms with Crippen molar-refractivity contribution in [3.8, 4) is 0 Å². The molecule has 0 fully saturated rings. The zero-order valence-corrected chi connectivity index (χ0v) is 20.2. The van der Waals surface area contributed by atoms with E-state index in [1.807, 2.05) is 6.92 Å². The average molecular weight is 490 g/mol. The van der Waals surface area contributed by atoms with Gasteiger partial charge >= 0.3 is 0 Å². The molecular formula is C17H39IN4O2S. The number of aliphatic imine (C=N–C) groups is 1. The first-order valence-corrected chi connectivity index (χ1v) is 10.9. The molecule has 0 aliphatic carbocycles. The first kappa shape index (κ1) is 27.1. The Morgan fingerprint density at radius 1 is 1.20 bits per heavy atom. The Morgan fingerprint density at radius 2 is 1.76 bits per heavy atom. The van der Waals surface area contributed by atoms with Gasteiger partial charge in [-0.25, -0.2) is 8.42 Å². The fourth-order valence-electron chi connectivity index (χ4n) is 2.17. The number of halogens is 1. The van der Waals surface area contributed by atoms with Crippen LogP contribution in [-0.2, 0) is 9.84 Å². The monoisotopic (exact) mass is 490 g/mol. The fraction of sp³-hybridized carbons (Fsp3) is 0.941. The maximum atomic E-state index is 11.8. The van der Waals surface area contributed by atoms with Crippen LogP contribution in [0.3, 0.4) is 0 Å². The molecule has 6 nitrogen and oxygen atoms in total. The Kier molecular flexibility index (Phi) is 14.3. The normalized spacial score (nSPS) is 14.2. The van der Waals surface area contributed by atoms with Crippen LogP contribution in [0.2, 0.25) is 0 Å². The van der Waals surface area contributed by atoms with E-state index in [1.54, 1.807) is 13.8 Å². The predicted molar refractivity (Wildman–Crippen MR) is 120 cm³/mol. The smallest absolute Gasteiger partial charge is 0.191 e. The quantitative estimate of drug-likeness (QED) is 0.265. The van der Waals surface area contributed by atoms with Crippen molar-refractivity contribution >= 4 is 39.8 Å². The first-order chi connectivity index (χ1) is 11.1. The molecule has 0 aromatic rings. The fourth-order valence-corrected chi connectivity index (χ4v) is 2.47. The van der Waals surface area contributed by atoms with Gasteiger partial charge in [0, 0.05) is 18.8 Å². The summed E-state index contributed by atoms with van der Waals surface area (Å²) in [6.07, 6.45) is 3.44. The maximum absolute atomic E-state index is 11.8. The third kappa shape index (κ3) is 11.3. The number of nitrogens with one attached hydrogen (secondary N) is 2. The van der Waals surface area contributed by atoms with E-state index in [2.05, 4.69) is 41.3 Å². The standard InChI is InChI=1S/C17H38N4O2S.HI/c1-8-18-16(19-14-17(5,6)24(7,22)23)20-15(4)12-11-13-21(9-2)10-3;/h15H,8-14H2,1-7H3,(H2,18,19,20);1H. The minimum Gasteiger partial charge on any atom is -0.357 e. The van der Waals surface area contributed by atoms with Crippen molar-refractivity contribution in [2.24, 2.45) is 4.99 Å². The van der Waals surface area contributed by atoms with Gasteiger partial charge in [0.25, 0.3) is 0 Å². The SMILES string of the molecule is CCNC(=NCC(C)(C)S(C)(=O)=O)NC(C)CCCN(CC)CC.I. The molecule has 0 aliphatic heterocycles. The number of hydrogen-bond donors (Lipinski definition) is 2. The highest BCUT2D eigenvalue weighted by Crippen LogP contribution is 2.15. The summed E-state index contributed by atoms with van der Waals surface area (Å²) in [5.74, 6) is 0.685. The van der Waals surface area contributed by atoms with Crippen LogP contribution in [-0.4, -0.2) is 69.0 Å². The molecule has 0 saturated carbocycles. The van der Waals surface area contributed by atoms with Crippen molar-refractivity contribution < 1.29 is 8.42 Å². The lowest BCUT2D eigenvalue weighted by molar-refractivity contribution is 0.292. The first-order valence-electron chi connectivity index (χ1n) is 9.04. The summed E-state index contributed by atoms with van der Waals surface area (Å²) in [5, 5.41) is 6.57. The third-order valence-electron chi connectivity index (χ3n) is 4.35. The van der Waals surface area contributed by atoms with Gasteiger partial charge in [-0.3, -0.25) is 4.99 Å². The Hall–Kier alpha value is -0.0900. The van der Waals surface area contributed by atoms with E-state index >= 15 is 0 Å². The van der Waals surface area contributed by atoms with Crippen LogP contribution >= 0.6 is 24.0 Å². The van der Waals surface area contributed by atoms with E-state index in [4.69, 9.17) is 0 Å². The molecule has 0 spiro atoms. The number of rotatable bonds is 11. The van der Waals surface area contributed by atoms with Crippen LogP contribution in [0.25, 0.3) is 0 Å². The van der Waals surface area contributed by atoms with Crippen LogP contribution in [0.4, 0.5) is 0 Å². The molecule has 0 saturated heterocycles. The van der Waals surface area contributed by atoms with Gasteiger partial charge in [0.05, 0.1) is 11.3 Å². The number of nitrogens with zero attached hydrogens (tertiary/aromatic N) is 2. The van der Waals surface area contributed by atoms with E-state index in [0.717, 1.165) is 39.0 Å². The molecule has 0 radical (unpaired) electrons. The second-order valence-electron chi connectivity index (χ2n) is 6.94. The van der Waals surface area contributed by atoms with E-state index in [1.165, 1.54) is 6.26 Å². The number of guanidine groups is 1. The Bertz CT molecular complexity index is 477. The number of sulfone groups is 1. The second kappa shape index (κ2) is 13.1. The lowest BCUT2D eigenvalue weighted by atomic mass is 10.2. The molecule has 0 aromatic heterocycles. The molecular weight excluding hydrogens is 451 g/mol. The summed E-state index contributed by atoms with van der Waals surface area (Å²) in [7, 11) is -3.14. The van der Waals surface area contributed by atoms with E-state index < -0.39 is 14.6 Å². The van der Waals surface area contributed by atoms with Crippen LogP contribution in [0, 0.1) is 0 Å². The minimum atomic E-state index is -3.14. The molecule has 0 rings (SSSR count). The topological polar surface area (TPSA) is 73.8 Å². The molecule has 1 unspecified atom stereocenters. The van der Waals surface area contributed by atoms with E-state index in [9.17, 15) is 8.42 Å². The molecule has 0 amide bonds. The molecule has 1 atom stereocenters. The van der Waals surface area contributed by atoms with Gasteiger partial charge in [-0.15, -0.1) is 24.0 Å². The van der Waals surface area contributed by atoms with Gasteiger partial charge in [-0.1, -0.05) is 13.8 Å². The molecule has 0 bridgehead atoms. The summed E-state index contributed by atoms with van der Waals surface area (Å²) >= 11 is 0. The molecule has 25 heavy (non-hydrogen) atoms. The van der Waals surface area contributed by atoms with Crippen LogP contribution < -0.4 is 10.6 Å². The summed E-state index contributed by atoms with van der Waals surface area (Å²) in [5.41, 5.74) is 0. The Labute approximate surface area is 172 Å². The Balaban J connectivity index is 0. The third-order valence-corrected chi connectivity index (χ3v) is 6.49. The molecule has 152 valence electrons. The molecule has 8 heteroatoms.